The van der Waals surface area contributed by atoms with E-state index in [-0.39, 0.29) is 5.38 Å². The summed E-state index contributed by atoms with van der Waals surface area (Å²) in [6.07, 6.45) is 0. The number of benzene rings is 1. The molecule has 0 fully saturated rings. The largest absolute Gasteiger partial charge is 0.149 e. The van der Waals surface area contributed by atoms with Gasteiger partial charge in [0.1, 0.15) is 10.0 Å². The average Bonchev–Trinajstić information content (AvgIpc) is 2.71. The molecule has 84 valence electrons. The molecule has 16 heavy (non-hydrogen) atoms. The van der Waals surface area contributed by atoms with Gasteiger partial charge in [0.25, 0.3) is 0 Å². The summed E-state index contributed by atoms with van der Waals surface area (Å²) >= 11 is 13.7. The van der Waals surface area contributed by atoms with Gasteiger partial charge in [0.05, 0.1) is 10.4 Å². The van der Waals surface area contributed by atoms with Crippen LogP contribution in [0.4, 0.5) is 0 Å². The van der Waals surface area contributed by atoms with Crippen molar-refractivity contribution in [2.45, 2.75) is 19.2 Å². The molecule has 0 aliphatic heterocycles. The van der Waals surface area contributed by atoms with E-state index in [0.717, 1.165) is 26.2 Å². The Bertz CT molecular complexity index is 508. The van der Waals surface area contributed by atoms with Crippen LogP contribution in [-0.4, -0.2) is 10.2 Å². The molecule has 1 aromatic heterocycles. The monoisotopic (exact) mass is 272 g/mol. The highest BCUT2D eigenvalue weighted by atomic mass is 35.5. The van der Waals surface area contributed by atoms with Crippen LogP contribution in [0.15, 0.2) is 18.2 Å². The lowest BCUT2D eigenvalue weighted by Gasteiger charge is -2.02. The predicted octanol–water partition coefficient (Wildman–Crippen LogP) is 4.47. The first-order valence-corrected chi connectivity index (χ1v) is 6.45. The van der Waals surface area contributed by atoms with E-state index in [4.69, 9.17) is 23.2 Å². The highest BCUT2D eigenvalue weighted by molar-refractivity contribution is 7.15. The van der Waals surface area contributed by atoms with Gasteiger partial charge in [-0.15, -0.1) is 21.8 Å². The van der Waals surface area contributed by atoms with Crippen molar-refractivity contribution in [3.63, 3.8) is 0 Å². The number of aryl methyl sites for hydroxylation is 1. The zero-order valence-corrected chi connectivity index (χ0v) is 11.2. The van der Waals surface area contributed by atoms with E-state index in [1.54, 1.807) is 0 Å². The second-order valence-electron chi connectivity index (χ2n) is 3.50. The summed E-state index contributed by atoms with van der Waals surface area (Å²) in [5, 5.41) is 10.4. The molecule has 1 unspecified atom stereocenters. The predicted molar refractivity (Wildman–Crippen MR) is 69.4 cm³/mol. The molecule has 0 amide bonds. The van der Waals surface area contributed by atoms with Crippen LogP contribution in [-0.2, 0) is 0 Å². The number of nitrogens with zero attached hydrogens (tertiary/aromatic N) is 2. The van der Waals surface area contributed by atoms with E-state index in [9.17, 15) is 0 Å². The quantitative estimate of drug-likeness (QED) is 0.754. The molecule has 0 N–H and O–H groups in total. The molecule has 1 aromatic carbocycles. The van der Waals surface area contributed by atoms with Gasteiger partial charge in [-0.3, -0.25) is 0 Å². The summed E-state index contributed by atoms with van der Waals surface area (Å²) in [6.45, 7) is 3.85. The summed E-state index contributed by atoms with van der Waals surface area (Å²) in [7, 11) is 0. The number of alkyl halides is 1. The first kappa shape index (κ1) is 11.8. The Morgan fingerprint density at radius 1 is 1.31 bits per heavy atom. The molecule has 2 nitrogen and oxygen atoms in total. The fourth-order valence-electron chi connectivity index (χ4n) is 1.32. The minimum Gasteiger partial charge on any atom is -0.142 e. The number of aromatic nitrogens is 2. The molecule has 0 saturated heterocycles. The van der Waals surface area contributed by atoms with Gasteiger partial charge < -0.3 is 0 Å². The summed E-state index contributed by atoms with van der Waals surface area (Å²) in [5.41, 5.74) is 1.96. The van der Waals surface area contributed by atoms with Crippen LogP contribution in [0.5, 0.6) is 0 Å². The first-order valence-electron chi connectivity index (χ1n) is 4.82. The first-order chi connectivity index (χ1) is 7.59. The second kappa shape index (κ2) is 4.70. The van der Waals surface area contributed by atoms with E-state index in [0.29, 0.717) is 0 Å². The van der Waals surface area contributed by atoms with Crippen molar-refractivity contribution < 1.29 is 0 Å². The van der Waals surface area contributed by atoms with E-state index in [1.165, 1.54) is 11.3 Å². The Hall–Kier alpha value is -0.640. The second-order valence-corrected chi connectivity index (χ2v) is 5.54. The summed E-state index contributed by atoms with van der Waals surface area (Å²) < 4.78 is 0. The Labute approximate surface area is 108 Å². The molecule has 5 heteroatoms. The molecule has 0 aliphatic rings. The summed E-state index contributed by atoms with van der Waals surface area (Å²) in [5.74, 6) is 0. The molecule has 1 atom stereocenters. The van der Waals surface area contributed by atoms with Crippen LogP contribution in [0.2, 0.25) is 5.02 Å². The number of hydrogen-bond donors (Lipinski definition) is 0. The lowest BCUT2D eigenvalue weighted by atomic mass is 10.1. The molecular weight excluding hydrogens is 263 g/mol. The third-order valence-corrected chi connectivity index (χ3v) is 4.18. The van der Waals surface area contributed by atoms with Gasteiger partial charge in [-0.1, -0.05) is 41.1 Å². The lowest BCUT2D eigenvalue weighted by Crippen LogP contribution is -1.82. The molecule has 0 spiro atoms. The Balaban J connectivity index is 2.47. The van der Waals surface area contributed by atoms with Crippen LogP contribution >= 0.6 is 34.5 Å². The van der Waals surface area contributed by atoms with Crippen LogP contribution in [0.1, 0.15) is 22.9 Å². The van der Waals surface area contributed by atoms with Gasteiger partial charge in [-0.05, 0) is 19.4 Å². The van der Waals surface area contributed by atoms with Crippen molar-refractivity contribution in [3.8, 4) is 10.6 Å². The maximum atomic E-state index is 6.22. The third kappa shape index (κ3) is 2.21. The molecule has 0 radical (unpaired) electrons. The third-order valence-electron chi connectivity index (χ3n) is 2.20. The fourth-order valence-corrected chi connectivity index (χ4v) is 2.57. The van der Waals surface area contributed by atoms with Crippen LogP contribution in [0.25, 0.3) is 10.6 Å². The van der Waals surface area contributed by atoms with Crippen molar-refractivity contribution in [3.05, 3.63) is 33.8 Å². The maximum Gasteiger partial charge on any atom is 0.149 e. The Morgan fingerprint density at radius 2 is 2.06 bits per heavy atom. The smallest absolute Gasteiger partial charge is 0.142 e. The van der Waals surface area contributed by atoms with Gasteiger partial charge in [-0.25, -0.2) is 0 Å². The Morgan fingerprint density at radius 3 is 2.69 bits per heavy atom. The number of hydrogen-bond acceptors (Lipinski definition) is 3. The van der Waals surface area contributed by atoms with E-state index in [1.807, 2.05) is 32.0 Å². The van der Waals surface area contributed by atoms with Gasteiger partial charge in [0, 0.05) is 5.56 Å². The van der Waals surface area contributed by atoms with Crippen molar-refractivity contribution >= 4 is 34.5 Å². The van der Waals surface area contributed by atoms with Crippen LogP contribution < -0.4 is 0 Å². The van der Waals surface area contributed by atoms with Gasteiger partial charge in [-0.2, -0.15) is 0 Å². The van der Waals surface area contributed by atoms with E-state index in [2.05, 4.69) is 10.2 Å². The van der Waals surface area contributed by atoms with Crippen molar-refractivity contribution in [1.29, 1.82) is 0 Å². The number of halogens is 2. The average molecular weight is 273 g/mol. The van der Waals surface area contributed by atoms with E-state index >= 15 is 0 Å². The fraction of sp³-hybridized carbons (Fsp3) is 0.273. The van der Waals surface area contributed by atoms with Crippen LogP contribution in [0.3, 0.4) is 0 Å². The molecule has 0 saturated carbocycles. The zero-order chi connectivity index (χ0) is 11.7. The standard InChI is InChI=1S/C11H10Cl2N2S/c1-6-4-3-5-8(9(6)13)11-15-14-10(16-11)7(2)12/h3-5,7H,1-2H3. The minimum atomic E-state index is -0.116. The summed E-state index contributed by atoms with van der Waals surface area (Å²) in [6, 6.07) is 5.87. The lowest BCUT2D eigenvalue weighted by molar-refractivity contribution is 0.962. The zero-order valence-electron chi connectivity index (χ0n) is 8.87. The van der Waals surface area contributed by atoms with Gasteiger partial charge in [0.2, 0.25) is 0 Å². The molecule has 0 aliphatic carbocycles. The van der Waals surface area contributed by atoms with E-state index < -0.39 is 0 Å². The highest BCUT2D eigenvalue weighted by Gasteiger charge is 2.13. The van der Waals surface area contributed by atoms with Crippen molar-refractivity contribution in [2.75, 3.05) is 0 Å². The SMILES string of the molecule is Cc1cccc(-c2nnc(C(C)Cl)s2)c1Cl. The van der Waals surface area contributed by atoms with Gasteiger partial charge >= 0.3 is 0 Å². The molecule has 1 heterocycles. The maximum absolute atomic E-state index is 6.22. The van der Waals surface area contributed by atoms with Gasteiger partial charge in [0.15, 0.2) is 0 Å². The molecular formula is C11H10Cl2N2S. The van der Waals surface area contributed by atoms with Crippen LogP contribution in [0, 0.1) is 6.92 Å². The molecule has 0 bridgehead atoms. The highest BCUT2D eigenvalue weighted by Crippen LogP contribution is 2.34. The molecule has 2 rings (SSSR count). The molecule has 2 aromatic rings. The topological polar surface area (TPSA) is 25.8 Å². The summed E-state index contributed by atoms with van der Waals surface area (Å²) in [4.78, 5) is 0. The Kier molecular flexibility index (Phi) is 3.47. The normalized spacial score (nSPS) is 12.8. The number of rotatable bonds is 2. The minimum absolute atomic E-state index is 0.116. The van der Waals surface area contributed by atoms with Crippen molar-refractivity contribution in [2.24, 2.45) is 0 Å². The van der Waals surface area contributed by atoms with Crippen molar-refractivity contribution in [1.82, 2.24) is 10.2 Å².